The predicted molar refractivity (Wildman–Crippen MR) is 106 cm³/mol. The zero-order chi connectivity index (χ0) is 21.4. The minimum absolute atomic E-state index is 0.195. The van der Waals surface area contributed by atoms with E-state index in [1.807, 2.05) is 13.0 Å². The summed E-state index contributed by atoms with van der Waals surface area (Å²) in [5.74, 6) is 0.736. The highest BCUT2D eigenvalue weighted by Crippen LogP contribution is 2.38. The number of carbonyl (C=O) groups is 2. The summed E-state index contributed by atoms with van der Waals surface area (Å²) in [5, 5.41) is 2.69. The van der Waals surface area contributed by atoms with Crippen molar-refractivity contribution in [3.05, 3.63) is 47.0 Å². The SMILES string of the molecule is COc1ccc(C)cc1C(=O)OCC(=O)NCc1cc(OC)c(OC)c(OC)c1. The average molecular weight is 403 g/mol. The Kier molecular flexibility index (Phi) is 7.70. The summed E-state index contributed by atoms with van der Waals surface area (Å²) in [6.45, 7) is 1.63. The molecule has 0 saturated carbocycles. The van der Waals surface area contributed by atoms with Gasteiger partial charge in [-0.1, -0.05) is 11.6 Å². The number of ether oxygens (including phenoxy) is 5. The number of amides is 1. The third-order valence-corrected chi connectivity index (χ3v) is 4.12. The van der Waals surface area contributed by atoms with Gasteiger partial charge in [0.15, 0.2) is 18.1 Å². The van der Waals surface area contributed by atoms with E-state index in [-0.39, 0.29) is 12.1 Å². The number of methoxy groups -OCH3 is 4. The molecular formula is C21H25NO7. The van der Waals surface area contributed by atoms with Crippen molar-refractivity contribution in [1.29, 1.82) is 0 Å². The third kappa shape index (κ3) is 5.54. The molecule has 0 radical (unpaired) electrons. The molecule has 2 aromatic rings. The highest BCUT2D eigenvalue weighted by molar-refractivity contribution is 5.94. The van der Waals surface area contributed by atoms with Crippen molar-refractivity contribution >= 4 is 11.9 Å². The maximum Gasteiger partial charge on any atom is 0.342 e. The lowest BCUT2D eigenvalue weighted by molar-refractivity contribution is -0.124. The highest BCUT2D eigenvalue weighted by Gasteiger charge is 2.16. The Labute approximate surface area is 169 Å². The van der Waals surface area contributed by atoms with Gasteiger partial charge in [-0.05, 0) is 36.8 Å². The minimum Gasteiger partial charge on any atom is -0.496 e. The first-order valence-corrected chi connectivity index (χ1v) is 8.80. The molecule has 0 aliphatic heterocycles. The number of benzene rings is 2. The summed E-state index contributed by atoms with van der Waals surface area (Å²) >= 11 is 0. The third-order valence-electron chi connectivity index (χ3n) is 4.12. The van der Waals surface area contributed by atoms with E-state index in [2.05, 4.69) is 5.32 Å². The Morgan fingerprint density at radius 1 is 0.862 bits per heavy atom. The van der Waals surface area contributed by atoms with Gasteiger partial charge in [-0.2, -0.15) is 0 Å². The first-order valence-electron chi connectivity index (χ1n) is 8.80. The second kappa shape index (κ2) is 10.2. The fourth-order valence-electron chi connectivity index (χ4n) is 2.68. The molecule has 2 aromatic carbocycles. The number of rotatable bonds is 9. The average Bonchev–Trinajstić information content (AvgIpc) is 2.74. The van der Waals surface area contributed by atoms with Crippen molar-refractivity contribution < 1.29 is 33.3 Å². The van der Waals surface area contributed by atoms with Crippen LogP contribution >= 0.6 is 0 Å². The number of aryl methyl sites for hydroxylation is 1. The Bertz CT molecular complexity index is 854. The molecular weight excluding hydrogens is 378 g/mol. The fourth-order valence-corrected chi connectivity index (χ4v) is 2.68. The van der Waals surface area contributed by atoms with Crippen molar-refractivity contribution in [3.63, 3.8) is 0 Å². The molecule has 8 nitrogen and oxygen atoms in total. The topological polar surface area (TPSA) is 92.3 Å². The van der Waals surface area contributed by atoms with E-state index >= 15 is 0 Å². The molecule has 8 heteroatoms. The monoisotopic (exact) mass is 403 g/mol. The quantitative estimate of drug-likeness (QED) is 0.643. The zero-order valence-corrected chi connectivity index (χ0v) is 17.2. The molecule has 0 aliphatic rings. The summed E-state index contributed by atoms with van der Waals surface area (Å²) in [6.07, 6.45) is 0. The predicted octanol–water partition coefficient (Wildman–Crippen LogP) is 2.50. The molecule has 156 valence electrons. The van der Waals surface area contributed by atoms with E-state index in [0.29, 0.717) is 23.0 Å². The summed E-state index contributed by atoms with van der Waals surface area (Å²) in [5.41, 5.74) is 1.88. The van der Waals surface area contributed by atoms with Gasteiger partial charge in [0.05, 0.1) is 28.4 Å². The first-order chi connectivity index (χ1) is 13.9. The largest absolute Gasteiger partial charge is 0.496 e. The fraction of sp³-hybridized carbons (Fsp3) is 0.333. The van der Waals surface area contributed by atoms with Crippen LogP contribution in [-0.2, 0) is 16.1 Å². The van der Waals surface area contributed by atoms with Gasteiger partial charge in [-0.25, -0.2) is 4.79 Å². The molecule has 0 unspecified atom stereocenters. The van der Waals surface area contributed by atoms with Crippen molar-refractivity contribution in [2.45, 2.75) is 13.5 Å². The normalized spacial score (nSPS) is 10.1. The van der Waals surface area contributed by atoms with Crippen LogP contribution in [0.4, 0.5) is 0 Å². The number of hydrogen-bond donors (Lipinski definition) is 1. The van der Waals surface area contributed by atoms with Gasteiger partial charge in [0.25, 0.3) is 5.91 Å². The maximum absolute atomic E-state index is 12.3. The molecule has 0 fully saturated rings. The van der Waals surface area contributed by atoms with E-state index in [1.165, 1.54) is 28.4 Å². The molecule has 2 rings (SSSR count). The lowest BCUT2D eigenvalue weighted by Crippen LogP contribution is -2.28. The smallest absolute Gasteiger partial charge is 0.342 e. The molecule has 0 spiro atoms. The Morgan fingerprint density at radius 3 is 2.03 bits per heavy atom. The van der Waals surface area contributed by atoms with E-state index < -0.39 is 18.5 Å². The molecule has 0 aromatic heterocycles. The Morgan fingerprint density at radius 2 is 1.48 bits per heavy atom. The van der Waals surface area contributed by atoms with Crippen LogP contribution in [-0.4, -0.2) is 46.9 Å². The zero-order valence-electron chi connectivity index (χ0n) is 17.2. The second-order valence-electron chi connectivity index (χ2n) is 6.09. The summed E-state index contributed by atoms with van der Waals surface area (Å²) in [6, 6.07) is 8.60. The molecule has 0 atom stereocenters. The molecule has 0 heterocycles. The Balaban J connectivity index is 1.97. The number of carbonyl (C=O) groups excluding carboxylic acids is 2. The van der Waals surface area contributed by atoms with Gasteiger partial charge < -0.3 is 29.0 Å². The molecule has 0 saturated heterocycles. The van der Waals surface area contributed by atoms with E-state index in [9.17, 15) is 9.59 Å². The van der Waals surface area contributed by atoms with Crippen LogP contribution < -0.4 is 24.3 Å². The maximum atomic E-state index is 12.3. The lowest BCUT2D eigenvalue weighted by atomic mass is 10.1. The van der Waals surface area contributed by atoms with Crippen molar-refractivity contribution in [3.8, 4) is 23.0 Å². The van der Waals surface area contributed by atoms with Gasteiger partial charge in [0, 0.05) is 6.54 Å². The van der Waals surface area contributed by atoms with E-state index in [4.69, 9.17) is 23.7 Å². The molecule has 29 heavy (non-hydrogen) atoms. The van der Waals surface area contributed by atoms with Gasteiger partial charge in [-0.15, -0.1) is 0 Å². The summed E-state index contributed by atoms with van der Waals surface area (Å²) < 4.78 is 26.1. The summed E-state index contributed by atoms with van der Waals surface area (Å²) in [4.78, 5) is 24.4. The first kappa shape index (κ1) is 21.9. The van der Waals surface area contributed by atoms with Crippen LogP contribution in [0.3, 0.4) is 0 Å². The number of nitrogens with one attached hydrogen (secondary N) is 1. The molecule has 0 bridgehead atoms. The van der Waals surface area contributed by atoms with E-state index in [1.54, 1.807) is 24.3 Å². The van der Waals surface area contributed by atoms with Crippen molar-refractivity contribution in [1.82, 2.24) is 5.32 Å². The van der Waals surface area contributed by atoms with Crippen LogP contribution in [0.2, 0.25) is 0 Å². The standard InChI is InChI=1S/C21H25NO7/c1-13-6-7-16(25-2)15(8-13)21(24)29-12-19(23)22-11-14-9-17(26-3)20(28-5)18(10-14)27-4/h6-10H,11-12H2,1-5H3,(H,22,23). The number of hydrogen-bond acceptors (Lipinski definition) is 7. The van der Waals surface area contributed by atoms with Crippen LogP contribution in [0.25, 0.3) is 0 Å². The molecule has 1 amide bonds. The van der Waals surface area contributed by atoms with Crippen molar-refractivity contribution in [2.75, 3.05) is 35.0 Å². The van der Waals surface area contributed by atoms with Crippen LogP contribution in [0.15, 0.2) is 30.3 Å². The van der Waals surface area contributed by atoms with Crippen LogP contribution in [0, 0.1) is 6.92 Å². The highest BCUT2D eigenvalue weighted by atomic mass is 16.5. The van der Waals surface area contributed by atoms with Gasteiger partial charge >= 0.3 is 5.97 Å². The van der Waals surface area contributed by atoms with Crippen LogP contribution in [0.5, 0.6) is 23.0 Å². The lowest BCUT2D eigenvalue weighted by Gasteiger charge is -2.14. The van der Waals surface area contributed by atoms with E-state index in [0.717, 1.165) is 11.1 Å². The molecule has 1 N–H and O–H groups in total. The van der Waals surface area contributed by atoms with Crippen molar-refractivity contribution in [2.24, 2.45) is 0 Å². The summed E-state index contributed by atoms with van der Waals surface area (Å²) in [7, 11) is 6.00. The second-order valence-corrected chi connectivity index (χ2v) is 6.09. The van der Waals surface area contributed by atoms with Gasteiger partial charge in [-0.3, -0.25) is 4.79 Å². The molecule has 0 aliphatic carbocycles. The van der Waals surface area contributed by atoms with Crippen LogP contribution in [0.1, 0.15) is 21.5 Å². The van der Waals surface area contributed by atoms with Gasteiger partial charge in [0.2, 0.25) is 5.75 Å². The minimum atomic E-state index is -0.631. The van der Waals surface area contributed by atoms with Gasteiger partial charge in [0.1, 0.15) is 11.3 Å². The number of esters is 1. The Hall–Kier alpha value is -3.42.